The van der Waals surface area contributed by atoms with Gasteiger partial charge in [0.25, 0.3) is 0 Å². The Hall–Kier alpha value is -1.37. The van der Waals surface area contributed by atoms with Crippen LogP contribution >= 0.6 is 0 Å². The number of amides is 1. The average molecular weight is 154 g/mol. The highest BCUT2D eigenvalue weighted by molar-refractivity contribution is 5.78. The van der Waals surface area contributed by atoms with Crippen LogP contribution in [0.5, 0.6) is 0 Å². The van der Waals surface area contributed by atoms with Gasteiger partial charge in [-0.1, -0.05) is 0 Å². The maximum atomic E-state index is 10.8. The van der Waals surface area contributed by atoms with Crippen molar-refractivity contribution in [2.45, 2.75) is 25.8 Å². The summed E-state index contributed by atoms with van der Waals surface area (Å²) >= 11 is 0. The van der Waals surface area contributed by atoms with Crippen LogP contribution in [0.4, 0.5) is 0 Å². The lowest BCUT2D eigenvalue weighted by Crippen LogP contribution is -2.31. The molecular formula is C7H10N2O2. The predicted molar refractivity (Wildman–Crippen MR) is 38.5 cm³/mol. The molecule has 1 atom stereocenters. The lowest BCUT2D eigenvalue weighted by Gasteiger charge is -2.03. The number of nitriles is 1. The zero-order valence-electron chi connectivity index (χ0n) is 6.33. The van der Waals surface area contributed by atoms with Gasteiger partial charge in [-0.05, 0) is 6.92 Å². The lowest BCUT2D eigenvalue weighted by atomic mass is 10.3. The molecule has 4 nitrogen and oxygen atoms in total. The van der Waals surface area contributed by atoms with E-state index >= 15 is 0 Å². The molecule has 0 rings (SSSR count). The molecule has 0 spiro atoms. The molecular weight excluding hydrogens is 144 g/mol. The second kappa shape index (κ2) is 5.42. The van der Waals surface area contributed by atoms with Crippen LogP contribution in [0.2, 0.25) is 0 Å². The number of hydrogen-bond donors (Lipinski definition) is 1. The Morgan fingerprint density at radius 2 is 2.45 bits per heavy atom. The minimum atomic E-state index is -0.478. The molecule has 0 aliphatic heterocycles. The summed E-state index contributed by atoms with van der Waals surface area (Å²) in [5.74, 6) is -0.258. The molecule has 4 heteroatoms. The Morgan fingerprint density at radius 3 is 2.91 bits per heavy atom. The fraction of sp³-hybridized carbons (Fsp3) is 0.571. The molecule has 1 amide bonds. The normalized spacial score (nSPS) is 11.3. The predicted octanol–water partition coefficient (Wildman–Crippen LogP) is -0.00622. The van der Waals surface area contributed by atoms with E-state index in [1.54, 1.807) is 6.92 Å². The summed E-state index contributed by atoms with van der Waals surface area (Å²) in [6.45, 7) is 1.58. The van der Waals surface area contributed by atoms with Crippen molar-refractivity contribution in [3.63, 3.8) is 0 Å². The first-order chi connectivity index (χ1) is 5.20. The lowest BCUT2D eigenvalue weighted by molar-refractivity contribution is -0.122. The SMILES string of the molecule is C[C@H](C#N)NC(=O)CCC=O. The summed E-state index contributed by atoms with van der Waals surface area (Å²) in [6.07, 6.45) is 1.05. The quantitative estimate of drug-likeness (QED) is 0.579. The van der Waals surface area contributed by atoms with Crippen molar-refractivity contribution in [1.29, 1.82) is 5.26 Å². The molecule has 11 heavy (non-hydrogen) atoms. The van der Waals surface area contributed by atoms with Gasteiger partial charge in [0.15, 0.2) is 0 Å². The molecule has 60 valence electrons. The smallest absolute Gasteiger partial charge is 0.221 e. The average Bonchev–Trinajstić information content (AvgIpc) is 2.00. The maximum Gasteiger partial charge on any atom is 0.221 e. The molecule has 0 heterocycles. The number of rotatable bonds is 4. The molecule has 0 bridgehead atoms. The van der Waals surface area contributed by atoms with Gasteiger partial charge >= 0.3 is 0 Å². The number of carbonyl (C=O) groups excluding carboxylic acids is 2. The van der Waals surface area contributed by atoms with E-state index in [0.717, 1.165) is 0 Å². The molecule has 0 saturated heterocycles. The van der Waals surface area contributed by atoms with E-state index in [9.17, 15) is 9.59 Å². The van der Waals surface area contributed by atoms with Gasteiger partial charge in [0.2, 0.25) is 5.91 Å². The van der Waals surface area contributed by atoms with Crippen LogP contribution in [0, 0.1) is 11.3 Å². The summed E-state index contributed by atoms with van der Waals surface area (Å²) in [4.78, 5) is 20.6. The fourth-order valence-electron chi connectivity index (χ4n) is 0.536. The highest BCUT2D eigenvalue weighted by Gasteiger charge is 2.03. The molecule has 0 aromatic rings. The summed E-state index contributed by atoms with van der Waals surface area (Å²) in [6, 6.07) is 1.37. The molecule has 0 saturated carbocycles. The molecule has 0 fully saturated rings. The van der Waals surface area contributed by atoms with E-state index in [1.807, 2.05) is 6.07 Å². The molecule has 0 unspecified atom stereocenters. The van der Waals surface area contributed by atoms with Gasteiger partial charge in [-0.25, -0.2) is 0 Å². The molecule has 0 aliphatic rings. The van der Waals surface area contributed by atoms with Crippen molar-refractivity contribution < 1.29 is 9.59 Å². The third kappa shape index (κ3) is 5.09. The zero-order chi connectivity index (χ0) is 8.69. The second-order valence-electron chi connectivity index (χ2n) is 2.12. The van der Waals surface area contributed by atoms with Gasteiger partial charge < -0.3 is 10.1 Å². The van der Waals surface area contributed by atoms with Crippen LogP contribution in [0.25, 0.3) is 0 Å². The third-order valence-corrected chi connectivity index (χ3v) is 1.06. The Bertz CT molecular complexity index is 183. The number of nitrogens with zero attached hydrogens (tertiary/aromatic N) is 1. The van der Waals surface area contributed by atoms with Gasteiger partial charge in [0.05, 0.1) is 6.07 Å². The highest BCUT2D eigenvalue weighted by atomic mass is 16.1. The topological polar surface area (TPSA) is 70.0 Å². The van der Waals surface area contributed by atoms with Crippen molar-refractivity contribution in [1.82, 2.24) is 5.32 Å². The first kappa shape index (κ1) is 9.63. The van der Waals surface area contributed by atoms with Gasteiger partial charge in [-0.2, -0.15) is 5.26 Å². The molecule has 0 radical (unpaired) electrons. The maximum absolute atomic E-state index is 10.8. The Balaban J connectivity index is 3.53. The first-order valence-corrected chi connectivity index (χ1v) is 3.33. The van der Waals surface area contributed by atoms with Crippen molar-refractivity contribution >= 4 is 12.2 Å². The number of nitrogens with one attached hydrogen (secondary N) is 1. The summed E-state index contributed by atoms with van der Waals surface area (Å²) in [5.41, 5.74) is 0. The summed E-state index contributed by atoms with van der Waals surface area (Å²) in [5, 5.41) is 10.7. The minimum absolute atomic E-state index is 0.162. The fourth-order valence-corrected chi connectivity index (χ4v) is 0.536. The van der Waals surface area contributed by atoms with Gasteiger partial charge in [-0.15, -0.1) is 0 Å². The van der Waals surface area contributed by atoms with Crippen molar-refractivity contribution in [2.75, 3.05) is 0 Å². The van der Waals surface area contributed by atoms with Crippen LogP contribution in [-0.2, 0) is 9.59 Å². The van der Waals surface area contributed by atoms with E-state index in [2.05, 4.69) is 5.32 Å². The standard InChI is InChI=1S/C7H10N2O2/c1-6(5-8)9-7(11)3-2-4-10/h4,6H,2-3H2,1H3,(H,9,11)/t6-/m1/s1. The summed E-state index contributed by atoms with van der Waals surface area (Å²) < 4.78 is 0. The van der Waals surface area contributed by atoms with E-state index < -0.39 is 6.04 Å². The van der Waals surface area contributed by atoms with Gasteiger partial charge in [-0.3, -0.25) is 4.79 Å². The Labute approximate surface area is 65.2 Å². The van der Waals surface area contributed by atoms with Crippen LogP contribution in [0.15, 0.2) is 0 Å². The minimum Gasteiger partial charge on any atom is -0.341 e. The first-order valence-electron chi connectivity index (χ1n) is 3.33. The third-order valence-electron chi connectivity index (χ3n) is 1.06. The number of aldehydes is 1. The number of hydrogen-bond acceptors (Lipinski definition) is 3. The highest BCUT2D eigenvalue weighted by Crippen LogP contribution is 1.86. The zero-order valence-corrected chi connectivity index (χ0v) is 6.33. The molecule has 0 aromatic heterocycles. The molecule has 1 N–H and O–H groups in total. The van der Waals surface area contributed by atoms with Crippen molar-refractivity contribution in [3.8, 4) is 6.07 Å². The molecule has 0 aromatic carbocycles. The van der Waals surface area contributed by atoms with E-state index in [-0.39, 0.29) is 18.7 Å². The van der Waals surface area contributed by atoms with E-state index in [0.29, 0.717) is 6.29 Å². The van der Waals surface area contributed by atoms with Crippen molar-refractivity contribution in [3.05, 3.63) is 0 Å². The van der Waals surface area contributed by atoms with E-state index in [4.69, 9.17) is 5.26 Å². The number of carbonyl (C=O) groups is 2. The molecule has 0 aliphatic carbocycles. The van der Waals surface area contributed by atoms with Gasteiger partial charge in [0.1, 0.15) is 12.3 Å². The summed E-state index contributed by atoms with van der Waals surface area (Å²) in [7, 11) is 0. The van der Waals surface area contributed by atoms with Crippen molar-refractivity contribution in [2.24, 2.45) is 0 Å². The van der Waals surface area contributed by atoms with Crippen LogP contribution in [0.1, 0.15) is 19.8 Å². The monoisotopic (exact) mass is 154 g/mol. The van der Waals surface area contributed by atoms with Gasteiger partial charge in [0, 0.05) is 12.8 Å². The second-order valence-corrected chi connectivity index (χ2v) is 2.12. The van der Waals surface area contributed by atoms with Crippen LogP contribution in [-0.4, -0.2) is 18.2 Å². The Kier molecular flexibility index (Phi) is 4.74. The largest absolute Gasteiger partial charge is 0.341 e. The van der Waals surface area contributed by atoms with E-state index in [1.165, 1.54) is 0 Å². The Morgan fingerprint density at radius 1 is 1.82 bits per heavy atom. The van der Waals surface area contributed by atoms with Crippen LogP contribution < -0.4 is 5.32 Å². The van der Waals surface area contributed by atoms with Crippen LogP contribution in [0.3, 0.4) is 0 Å².